The molecule has 2 heterocycles. The maximum Gasteiger partial charge on any atom is 0.262 e. The van der Waals surface area contributed by atoms with Crippen LogP contribution in [-0.4, -0.2) is 64.5 Å². The van der Waals surface area contributed by atoms with Crippen LogP contribution in [0.4, 0.5) is 0 Å². The molecular weight excluding hydrogens is 460 g/mol. The lowest BCUT2D eigenvalue weighted by Gasteiger charge is -2.48. The molecule has 1 saturated carbocycles. The maximum absolute atomic E-state index is 13.0. The molecule has 7 nitrogen and oxygen atoms in total. The standard InChI is InChI=1S/C24H33ClN4O3S/c1-17(2)29-22(31)19-7-6-18(25)14-20(19)27-23(29)33-15-21(30)26-16-24(8-4-3-5-9-24)28-10-12-32-13-11-28/h6-7,14,17H,3-5,8-13,15-16H2,1-2H3,(H,26,30). The van der Waals surface area contributed by atoms with E-state index >= 15 is 0 Å². The second kappa shape index (κ2) is 10.8. The van der Waals surface area contributed by atoms with Crippen LogP contribution in [0, 0.1) is 0 Å². The van der Waals surface area contributed by atoms with Crippen LogP contribution in [0.1, 0.15) is 52.0 Å². The van der Waals surface area contributed by atoms with Crippen LogP contribution in [-0.2, 0) is 9.53 Å². The average Bonchev–Trinajstić information content (AvgIpc) is 2.82. The Balaban J connectivity index is 1.46. The minimum absolute atomic E-state index is 0.0281. The van der Waals surface area contributed by atoms with Crippen molar-refractivity contribution in [2.45, 2.75) is 62.7 Å². The smallest absolute Gasteiger partial charge is 0.262 e. The lowest BCUT2D eigenvalue weighted by atomic mass is 9.79. The van der Waals surface area contributed by atoms with Gasteiger partial charge in [-0.15, -0.1) is 0 Å². The second-order valence-corrected chi connectivity index (χ2v) is 10.7. The third-order valence-electron chi connectivity index (χ3n) is 6.76. The fraction of sp³-hybridized carbons (Fsp3) is 0.625. The number of thioether (sulfide) groups is 1. The Bertz CT molecular complexity index is 1050. The van der Waals surface area contributed by atoms with Crippen molar-refractivity contribution in [1.29, 1.82) is 0 Å². The summed E-state index contributed by atoms with van der Waals surface area (Å²) in [5, 5.41) is 4.80. The highest BCUT2D eigenvalue weighted by atomic mass is 35.5. The number of rotatable bonds is 7. The molecule has 1 aromatic heterocycles. The Morgan fingerprint density at radius 2 is 1.97 bits per heavy atom. The van der Waals surface area contributed by atoms with E-state index in [1.807, 2.05) is 13.8 Å². The zero-order valence-corrected chi connectivity index (χ0v) is 21.0. The minimum atomic E-state index is -0.108. The van der Waals surface area contributed by atoms with Crippen LogP contribution in [0.15, 0.2) is 28.2 Å². The number of carbonyl (C=O) groups excluding carboxylic acids is 1. The summed E-state index contributed by atoms with van der Waals surface area (Å²) in [5.41, 5.74) is 0.476. The normalized spacial score (nSPS) is 19.2. The quantitative estimate of drug-likeness (QED) is 0.467. The highest BCUT2D eigenvalue weighted by Gasteiger charge is 2.38. The van der Waals surface area contributed by atoms with Gasteiger partial charge in [0.2, 0.25) is 5.91 Å². The number of hydrogen-bond donors (Lipinski definition) is 1. The van der Waals surface area contributed by atoms with Crippen molar-refractivity contribution in [3.63, 3.8) is 0 Å². The number of amides is 1. The van der Waals surface area contributed by atoms with Crippen molar-refractivity contribution in [3.05, 3.63) is 33.6 Å². The molecule has 33 heavy (non-hydrogen) atoms. The number of benzene rings is 1. The molecule has 0 bridgehead atoms. The van der Waals surface area contributed by atoms with E-state index in [9.17, 15) is 9.59 Å². The molecule has 180 valence electrons. The minimum Gasteiger partial charge on any atom is -0.379 e. The largest absolute Gasteiger partial charge is 0.379 e. The van der Waals surface area contributed by atoms with Gasteiger partial charge in [0.1, 0.15) is 0 Å². The first-order valence-electron chi connectivity index (χ1n) is 11.8. The molecule has 4 rings (SSSR count). The summed E-state index contributed by atoms with van der Waals surface area (Å²) in [6.45, 7) is 7.92. The first-order valence-corrected chi connectivity index (χ1v) is 13.2. The van der Waals surface area contributed by atoms with Crippen LogP contribution in [0.5, 0.6) is 0 Å². The van der Waals surface area contributed by atoms with E-state index in [0.717, 1.165) is 39.1 Å². The first-order chi connectivity index (χ1) is 15.9. The SMILES string of the molecule is CC(C)n1c(SCC(=O)NCC2(N3CCOCC3)CCCCC2)nc2cc(Cl)ccc2c1=O. The van der Waals surface area contributed by atoms with Crippen LogP contribution < -0.4 is 10.9 Å². The zero-order chi connectivity index (χ0) is 23.4. The zero-order valence-electron chi connectivity index (χ0n) is 19.4. The van der Waals surface area contributed by atoms with Crippen molar-refractivity contribution in [3.8, 4) is 0 Å². The third kappa shape index (κ3) is 5.56. The maximum atomic E-state index is 13.0. The Hall–Kier alpha value is -1.61. The van der Waals surface area contributed by atoms with E-state index in [1.54, 1.807) is 22.8 Å². The van der Waals surface area contributed by atoms with E-state index in [1.165, 1.54) is 31.0 Å². The molecule has 0 atom stereocenters. The number of fused-ring (bicyclic) bond motifs is 1. The van der Waals surface area contributed by atoms with E-state index in [0.29, 0.717) is 27.6 Å². The van der Waals surface area contributed by atoms with Gasteiger partial charge in [-0.3, -0.25) is 19.1 Å². The second-order valence-electron chi connectivity index (χ2n) is 9.27. The average molecular weight is 493 g/mol. The number of halogens is 1. The molecule has 1 amide bonds. The number of hydrogen-bond acceptors (Lipinski definition) is 6. The van der Waals surface area contributed by atoms with E-state index < -0.39 is 0 Å². The fourth-order valence-corrected chi connectivity index (χ4v) is 6.13. The number of nitrogens with one attached hydrogen (secondary N) is 1. The fourth-order valence-electron chi connectivity index (χ4n) is 5.01. The summed E-state index contributed by atoms with van der Waals surface area (Å²) in [6, 6.07) is 5.04. The van der Waals surface area contributed by atoms with Gasteiger partial charge in [-0.2, -0.15) is 0 Å². The number of aromatic nitrogens is 2. The summed E-state index contributed by atoms with van der Waals surface area (Å²) in [4.78, 5) is 33.1. The van der Waals surface area contributed by atoms with E-state index in [4.69, 9.17) is 16.3 Å². The van der Waals surface area contributed by atoms with Gasteiger partial charge >= 0.3 is 0 Å². The molecule has 2 fully saturated rings. The Kier molecular flexibility index (Phi) is 7.99. The van der Waals surface area contributed by atoms with Crippen molar-refractivity contribution in [1.82, 2.24) is 19.8 Å². The molecule has 1 saturated heterocycles. The van der Waals surface area contributed by atoms with Crippen LogP contribution in [0.2, 0.25) is 5.02 Å². The molecule has 0 unspecified atom stereocenters. The van der Waals surface area contributed by atoms with Crippen LogP contribution in [0.25, 0.3) is 10.9 Å². The number of ether oxygens (including phenoxy) is 1. The van der Waals surface area contributed by atoms with Gasteiger partial charge in [0.25, 0.3) is 5.56 Å². The first kappa shape index (κ1) is 24.5. The number of nitrogens with zero attached hydrogens (tertiary/aromatic N) is 3. The lowest BCUT2D eigenvalue weighted by Crippen LogP contribution is -2.59. The molecule has 0 spiro atoms. The van der Waals surface area contributed by atoms with Gasteiger partial charge in [0.15, 0.2) is 5.16 Å². The molecular formula is C24H33ClN4O3S. The molecule has 9 heteroatoms. The highest BCUT2D eigenvalue weighted by molar-refractivity contribution is 7.99. The van der Waals surface area contributed by atoms with Crippen LogP contribution in [0.3, 0.4) is 0 Å². The van der Waals surface area contributed by atoms with Crippen molar-refractivity contribution in [2.24, 2.45) is 0 Å². The van der Waals surface area contributed by atoms with Gasteiger partial charge in [-0.05, 0) is 44.9 Å². The Morgan fingerprint density at radius 1 is 1.24 bits per heavy atom. The molecule has 1 aliphatic heterocycles. The van der Waals surface area contributed by atoms with Crippen molar-refractivity contribution >= 4 is 40.2 Å². The van der Waals surface area contributed by atoms with Crippen molar-refractivity contribution in [2.75, 3.05) is 38.6 Å². The summed E-state index contributed by atoms with van der Waals surface area (Å²) in [5.74, 6) is 0.179. The summed E-state index contributed by atoms with van der Waals surface area (Å²) in [6.07, 6.45) is 5.89. The predicted octanol–water partition coefficient (Wildman–Crippen LogP) is 3.87. The molecule has 2 aliphatic rings. The van der Waals surface area contributed by atoms with Gasteiger partial charge in [0, 0.05) is 36.2 Å². The topological polar surface area (TPSA) is 76.5 Å². The number of carbonyl (C=O) groups is 1. The molecule has 1 aromatic carbocycles. The van der Waals surface area contributed by atoms with Crippen molar-refractivity contribution < 1.29 is 9.53 Å². The Morgan fingerprint density at radius 3 is 2.67 bits per heavy atom. The van der Waals surface area contributed by atoms with Crippen LogP contribution >= 0.6 is 23.4 Å². The highest BCUT2D eigenvalue weighted by Crippen LogP contribution is 2.34. The summed E-state index contributed by atoms with van der Waals surface area (Å²) >= 11 is 7.42. The molecule has 2 aromatic rings. The molecule has 1 aliphatic carbocycles. The monoisotopic (exact) mass is 492 g/mol. The summed E-state index contributed by atoms with van der Waals surface area (Å²) < 4.78 is 7.21. The molecule has 0 radical (unpaired) electrons. The van der Waals surface area contributed by atoms with Gasteiger partial charge in [0.05, 0.1) is 29.9 Å². The van der Waals surface area contributed by atoms with E-state index in [2.05, 4.69) is 15.2 Å². The lowest BCUT2D eigenvalue weighted by molar-refractivity contribution is -0.119. The van der Waals surface area contributed by atoms with Gasteiger partial charge in [-0.1, -0.05) is 42.6 Å². The molecule has 1 N–H and O–H groups in total. The Labute approximate surface area is 204 Å². The predicted molar refractivity (Wildman–Crippen MR) is 133 cm³/mol. The van der Waals surface area contributed by atoms with Gasteiger partial charge in [-0.25, -0.2) is 4.98 Å². The summed E-state index contributed by atoms with van der Waals surface area (Å²) in [7, 11) is 0. The third-order valence-corrected chi connectivity index (χ3v) is 7.95. The van der Waals surface area contributed by atoms with Gasteiger partial charge < -0.3 is 10.1 Å². The number of morpholine rings is 1. The van der Waals surface area contributed by atoms with E-state index in [-0.39, 0.29) is 28.8 Å².